The molecule has 0 saturated heterocycles. The number of hydrogen-bond donors (Lipinski definition) is 2. The van der Waals surface area contributed by atoms with Crippen LogP contribution in [-0.2, 0) is 0 Å². The third-order valence-corrected chi connectivity index (χ3v) is 1.59. The second-order valence-corrected chi connectivity index (χ2v) is 2.41. The Hall–Kier alpha value is -2.11. The molecule has 2 aromatic rings. The van der Waals surface area contributed by atoms with Gasteiger partial charge in [-0.1, -0.05) is 0 Å². The van der Waals surface area contributed by atoms with Crippen LogP contribution in [0.4, 0.5) is 0 Å². The molecule has 0 atom stereocenters. The monoisotopic (exact) mass is 178 g/mol. The van der Waals surface area contributed by atoms with Gasteiger partial charge in [0.2, 0.25) is 0 Å². The van der Waals surface area contributed by atoms with Crippen LogP contribution in [0.1, 0.15) is 0 Å². The molecule has 0 radical (unpaired) electrons. The Labute approximate surface area is 71.9 Å². The molecule has 0 unspecified atom stereocenters. The van der Waals surface area contributed by atoms with E-state index >= 15 is 0 Å². The van der Waals surface area contributed by atoms with Gasteiger partial charge in [0, 0.05) is 6.20 Å². The van der Waals surface area contributed by atoms with E-state index < -0.39 is 11.4 Å². The zero-order valence-corrected chi connectivity index (χ0v) is 6.52. The minimum absolute atomic E-state index is 0.440. The smallest absolute Gasteiger partial charge is 0.263 e. The number of pyridine rings is 1. The Balaban J connectivity index is 2.73. The van der Waals surface area contributed by atoms with E-state index in [4.69, 9.17) is 0 Å². The largest absolute Gasteiger partial charge is 0.349 e. The highest BCUT2D eigenvalue weighted by Crippen LogP contribution is 1.96. The van der Waals surface area contributed by atoms with Crippen LogP contribution in [0, 0.1) is 0 Å². The van der Waals surface area contributed by atoms with Crippen LogP contribution >= 0.6 is 0 Å². The van der Waals surface area contributed by atoms with Crippen LogP contribution in [0.25, 0.3) is 5.69 Å². The molecule has 13 heavy (non-hydrogen) atoms. The molecule has 66 valence electrons. The normalized spacial score (nSPS) is 10.2. The van der Waals surface area contributed by atoms with Gasteiger partial charge < -0.3 is 0 Å². The predicted octanol–water partition coefficient (Wildman–Crippen LogP) is -0.751. The molecule has 0 aliphatic heterocycles. The number of rotatable bonds is 1. The molecule has 0 amide bonds. The molecule has 2 aromatic heterocycles. The summed E-state index contributed by atoms with van der Waals surface area (Å²) in [7, 11) is 0. The average molecular weight is 178 g/mol. The van der Waals surface area contributed by atoms with Crippen molar-refractivity contribution >= 4 is 0 Å². The summed E-state index contributed by atoms with van der Waals surface area (Å²) in [5.74, 6) is 0. The summed E-state index contributed by atoms with van der Waals surface area (Å²) in [5, 5.41) is 4.36. The predicted molar refractivity (Wildman–Crippen MR) is 44.8 cm³/mol. The van der Waals surface area contributed by atoms with Gasteiger partial charge in [0.1, 0.15) is 0 Å². The van der Waals surface area contributed by atoms with Crippen LogP contribution in [0.2, 0.25) is 0 Å². The Bertz CT molecular complexity index is 480. The van der Waals surface area contributed by atoms with Gasteiger partial charge in [-0.15, -0.1) is 0 Å². The standard InChI is InChI=1S/C7H6N4O2/c12-6-9-10-7(13)11(6)5-2-1-3-8-4-5/h1-4H,(H,9,12)(H,10,13). The Morgan fingerprint density at radius 2 is 1.92 bits per heavy atom. The molecule has 0 aliphatic rings. The van der Waals surface area contributed by atoms with Crippen molar-refractivity contribution < 1.29 is 0 Å². The van der Waals surface area contributed by atoms with E-state index in [1.54, 1.807) is 18.3 Å². The second kappa shape index (κ2) is 2.74. The third-order valence-electron chi connectivity index (χ3n) is 1.59. The fourth-order valence-corrected chi connectivity index (χ4v) is 1.03. The summed E-state index contributed by atoms with van der Waals surface area (Å²) >= 11 is 0. The minimum atomic E-state index is -0.502. The van der Waals surface area contributed by atoms with Crippen molar-refractivity contribution in [3.63, 3.8) is 0 Å². The average Bonchev–Trinajstić information content (AvgIpc) is 2.48. The topological polar surface area (TPSA) is 83.5 Å². The molecule has 2 N–H and O–H groups in total. The third kappa shape index (κ3) is 1.18. The first-order chi connectivity index (χ1) is 6.29. The maximum absolute atomic E-state index is 11.1. The van der Waals surface area contributed by atoms with Crippen molar-refractivity contribution in [1.82, 2.24) is 19.7 Å². The summed E-state index contributed by atoms with van der Waals surface area (Å²) in [6, 6.07) is 3.27. The molecule has 2 rings (SSSR count). The zero-order chi connectivity index (χ0) is 9.26. The maximum atomic E-state index is 11.1. The van der Waals surface area contributed by atoms with Gasteiger partial charge in [-0.05, 0) is 12.1 Å². The molecule has 2 heterocycles. The lowest BCUT2D eigenvalue weighted by Crippen LogP contribution is -2.24. The number of aromatic nitrogens is 4. The van der Waals surface area contributed by atoms with E-state index in [1.165, 1.54) is 6.20 Å². The second-order valence-electron chi connectivity index (χ2n) is 2.41. The van der Waals surface area contributed by atoms with Crippen molar-refractivity contribution in [2.45, 2.75) is 0 Å². The van der Waals surface area contributed by atoms with Gasteiger partial charge in [0.25, 0.3) is 0 Å². The van der Waals surface area contributed by atoms with Crippen LogP contribution in [-0.4, -0.2) is 19.7 Å². The highest BCUT2D eigenvalue weighted by molar-refractivity contribution is 5.26. The Morgan fingerprint density at radius 1 is 1.23 bits per heavy atom. The van der Waals surface area contributed by atoms with Crippen molar-refractivity contribution in [2.75, 3.05) is 0 Å². The summed E-state index contributed by atoms with van der Waals surface area (Å²) in [6.07, 6.45) is 3.00. The molecule has 0 spiro atoms. The van der Waals surface area contributed by atoms with Crippen molar-refractivity contribution in [3.8, 4) is 5.69 Å². The summed E-state index contributed by atoms with van der Waals surface area (Å²) < 4.78 is 0.965. The summed E-state index contributed by atoms with van der Waals surface area (Å²) in [4.78, 5) is 26.0. The van der Waals surface area contributed by atoms with Gasteiger partial charge in [-0.25, -0.2) is 24.4 Å². The van der Waals surface area contributed by atoms with E-state index in [2.05, 4.69) is 15.2 Å². The number of nitrogens with zero attached hydrogens (tertiary/aromatic N) is 2. The van der Waals surface area contributed by atoms with Gasteiger partial charge >= 0.3 is 11.4 Å². The number of hydrogen-bond acceptors (Lipinski definition) is 3. The van der Waals surface area contributed by atoms with Crippen molar-refractivity contribution in [2.24, 2.45) is 0 Å². The lowest BCUT2D eigenvalue weighted by atomic mass is 10.4. The first-order valence-electron chi connectivity index (χ1n) is 3.59. The molecule has 0 bridgehead atoms. The molecule has 0 fully saturated rings. The highest BCUT2D eigenvalue weighted by atomic mass is 16.2. The van der Waals surface area contributed by atoms with E-state index in [-0.39, 0.29) is 0 Å². The number of nitrogens with one attached hydrogen (secondary N) is 2. The van der Waals surface area contributed by atoms with E-state index in [1.807, 2.05) is 0 Å². The highest BCUT2D eigenvalue weighted by Gasteiger charge is 2.03. The SMILES string of the molecule is O=c1[nH][nH]c(=O)n1-c1cccnc1. The van der Waals surface area contributed by atoms with E-state index in [0.29, 0.717) is 5.69 Å². The Kier molecular flexibility index (Phi) is 1.59. The quantitative estimate of drug-likeness (QED) is 0.602. The fourth-order valence-electron chi connectivity index (χ4n) is 1.03. The zero-order valence-electron chi connectivity index (χ0n) is 6.52. The lowest BCUT2D eigenvalue weighted by molar-refractivity contribution is 0.942. The molecular weight excluding hydrogens is 172 g/mol. The van der Waals surface area contributed by atoms with Crippen LogP contribution in [0.3, 0.4) is 0 Å². The summed E-state index contributed by atoms with van der Waals surface area (Å²) in [5.41, 5.74) is -0.564. The number of aromatic amines is 2. The lowest BCUT2D eigenvalue weighted by Gasteiger charge is -1.94. The van der Waals surface area contributed by atoms with Crippen LogP contribution < -0.4 is 11.4 Å². The minimum Gasteiger partial charge on any atom is -0.263 e. The van der Waals surface area contributed by atoms with Crippen LogP contribution in [0.15, 0.2) is 34.1 Å². The van der Waals surface area contributed by atoms with Crippen LogP contribution in [0.5, 0.6) is 0 Å². The van der Waals surface area contributed by atoms with E-state index in [0.717, 1.165) is 4.57 Å². The van der Waals surface area contributed by atoms with Gasteiger partial charge in [0.15, 0.2) is 0 Å². The summed E-state index contributed by atoms with van der Waals surface area (Å²) in [6.45, 7) is 0. The first-order valence-corrected chi connectivity index (χ1v) is 3.59. The maximum Gasteiger partial charge on any atom is 0.349 e. The molecule has 6 heteroatoms. The fraction of sp³-hybridized carbons (Fsp3) is 0. The van der Waals surface area contributed by atoms with Gasteiger partial charge in [-0.3, -0.25) is 4.98 Å². The number of H-pyrrole nitrogens is 2. The molecule has 0 aromatic carbocycles. The van der Waals surface area contributed by atoms with Crippen molar-refractivity contribution in [3.05, 3.63) is 45.5 Å². The molecule has 0 aliphatic carbocycles. The Morgan fingerprint density at radius 3 is 2.46 bits per heavy atom. The van der Waals surface area contributed by atoms with E-state index in [9.17, 15) is 9.59 Å². The first kappa shape index (κ1) is 7.53. The van der Waals surface area contributed by atoms with Gasteiger partial charge in [0.05, 0.1) is 11.9 Å². The molecular formula is C7H6N4O2. The molecule has 0 saturated carbocycles. The van der Waals surface area contributed by atoms with Crippen molar-refractivity contribution in [1.29, 1.82) is 0 Å². The van der Waals surface area contributed by atoms with Gasteiger partial charge in [-0.2, -0.15) is 0 Å². The molecule has 6 nitrogen and oxygen atoms in total.